The molecule has 0 saturated carbocycles. The number of benzene rings is 1. The Morgan fingerprint density at radius 2 is 1.92 bits per heavy atom. The van der Waals surface area contributed by atoms with Crippen molar-refractivity contribution >= 4 is 18.3 Å². The molecule has 1 aromatic heterocycles. The lowest BCUT2D eigenvalue weighted by molar-refractivity contribution is 0.0954. The Bertz CT molecular complexity index is 665. The van der Waals surface area contributed by atoms with Gasteiger partial charge in [-0.1, -0.05) is 45.0 Å². The maximum absolute atomic E-state index is 12.4. The Labute approximate surface area is 148 Å². The topological polar surface area (TPSA) is 80.0 Å². The smallest absolute Gasteiger partial charge is 0.258 e. The fourth-order valence-electron chi connectivity index (χ4n) is 2.04. The second-order valence-electron chi connectivity index (χ2n) is 6.33. The van der Waals surface area contributed by atoms with E-state index in [1.807, 2.05) is 45.9 Å². The van der Waals surface area contributed by atoms with Crippen LogP contribution in [0, 0.1) is 0 Å². The van der Waals surface area contributed by atoms with Gasteiger partial charge in [0, 0.05) is 18.5 Å². The molecule has 0 unspecified atom stereocenters. The molecule has 0 aliphatic heterocycles. The van der Waals surface area contributed by atoms with Crippen molar-refractivity contribution in [1.82, 2.24) is 20.8 Å². The van der Waals surface area contributed by atoms with Gasteiger partial charge in [0.2, 0.25) is 0 Å². The third kappa shape index (κ3) is 5.04. The van der Waals surface area contributed by atoms with Crippen LogP contribution >= 0.6 is 12.4 Å². The van der Waals surface area contributed by atoms with Gasteiger partial charge < -0.3 is 15.2 Å². The van der Waals surface area contributed by atoms with E-state index in [1.54, 1.807) is 6.07 Å². The van der Waals surface area contributed by atoms with Gasteiger partial charge in [0.15, 0.2) is 5.82 Å². The monoisotopic (exact) mass is 352 g/mol. The molecular weight excluding hydrogens is 328 g/mol. The number of likely N-dealkylation sites (N-methyl/N-ethyl adjacent to an activating group) is 1. The van der Waals surface area contributed by atoms with Gasteiger partial charge in [0.25, 0.3) is 11.8 Å². The molecule has 1 aromatic carbocycles. The van der Waals surface area contributed by atoms with E-state index in [0.717, 1.165) is 13.1 Å². The molecule has 132 valence electrons. The summed E-state index contributed by atoms with van der Waals surface area (Å²) in [5, 5.41) is 10.1. The first kappa shape index (κ1) is 20.1. The van der Waals surface area contributed by atoms with Gasteiger partial charge >= 0.3 is 0 Å². The van der Waals surface area contributed by atoms with Crippen molar-refractivity contribution in [3.8, 4) is 11.5 Å². The number of amides is 1. The maximum Gasteiger partial charge on any atom is 0.258 e. The van der Waals surface area contributed by atoms with Crippen molar-refractivity contribution in [3.63, 3.8) is 0 Å². The first-order valence-electron chi connectivity index (χ1n) is 7.86. The van der Waals surface area contributed by atoms with E-state index >= 15 is 0 Å². The summed E-state index contributed by atoms with van der Waals surface area (Å²) in [6, 6.07) is 7.26. The average Bonchev–Trinajstić information content (AvgIpc) is 3.01. The predicted molar refractivity (Wildman–Crippen MR) is 96.6 cm³/mol. The number of hydrogen-bond donors (Lipinski definition) is 2. The third-order valence-electron chi connectivity index (χ3n) is 3.34. The van der Waals surface area contributed by atoms with Gasteiger partial charge in [-0.05, 0) is 18.7 Å². The number of nitrogens with zero attached hydrogens (tertiary/aromatic N) is 2. The van der Waals surface area contributed by atoms with Crippen LogP contribution in [0.4, 0.5) is 0 Å². The Kier molecular flexibility index (Phi) is 7.38. The molecule has 1 heterocycles. The van der Waals surface area contributed by atoms with Gasteiger partial charge in [-0.2, -0.15) is 4.98 Å². The minimum Gasteiger partial charge on any atom is -0.351 e. The zero-order valence-electron chi connectivity index (χ0n) is 14.5. The largest absolute Gasteiger partial charge is 0.351 e. The van der Waals surface area contributed by atoms with Gasteiger partial charge in [0.1, 0.15) is 0 Å². The van der Waals surface area contributed by atoms with Crippen molar-refractivity contribution in [1.29, 1.82) is 0 Å². The highest BCUT2D eigenvalue weighted by molar-refractivity contribution is 5.99. The number of halogens is 1. The van der Waals surface area contributed by atoms with Crippen molar-refractivity contribution in [3.05, 3.63) is 35.7 Å². The highest BCUT2D eigenvalue weighted by Crippen LogP contribution is 2.25. The number of nitrogens with one attached hydrogen (secondary N) is 2. The Hall–Kier alpha value is -1.92. The van der Waals surface area contributed by atoms with Crippen LogP contribution < -0.4 is 10.6 Å². The minimum atomic E-state index is -0.204. The molecule has 2 N–H and O–H groups in total. The molecule has 2 rings (SSSR count). The molecule has 0 spiro atoms. The summed E-state index contributed by atoms with van der Waals surface area (Å²) >= 11 is 0. The van der Waals surface area contributed by atoms with Gasteiger partial charge in [-0.15, -0.1) is 12.4 Å². The fraction of sp³-hybridized carbons (Fsp3) is 0.471. The molecule has 7 heteroatoms. The van der Waals surface area contributed by atoms with Crippen LogP contribution in [0.25, 0.3) is 11.5 Å². The van der Waals surface area contributed by atoms with Crippen molar-refractivity contribution in [2.75, 3.05) is 19.6 Å². The van der Waals surface area contributed by atoms with Crippen LogP contribution in [0.2, 0.25) is 0 Å². The summed E-state index contributed by atoms with van der Waals surface area (Å²) in [5.74, 6) is 0.844. The molecule has 0 atom stereocenters. The number of carbonyl (C=O) groups is 1. The van der Waals surface area contributed by atoms with Crippen LogP contribution in [-0.2, 0) is 5.41 Å². The molecule has 6 nitrogen and oxygen atoms in total. The Balaban J connectivity index is 0.00000288. The molecule has 0 aliphatic carbocycles. The highest BCUT2D eigenvalue weighted by atomic mass is 35.5. The Morgan fingerprint density at radius 1 is 1.21 bits per heavy atom. The molecule has 0 bridgehead atoms. The van der Waals surface area contributed by atoms with Crippen LogP contribution in [0.1, 0.15) is 43.9 Å². The van der Waals surface area contributed by atoms with Crippen LogP contribution in [-0.4, -0.2) is 35.7 Å². The molecular formula is C17H25ClN4O2. The van der Waals surface area contributed by atoms with E-state index in [0.29, 0.717) is 29.4 Å². The fourth-order valence-corrected chi connectivity index (χ4v) is 2.04. The lowest BCUT2D eigenvalue weighted by Gasteiger charge is -2.11. The number of hydrogen-bond acceptors (Lipinski definition) is 5. The normalized spacial score (nSPS) is 11.0. The molecule has 0 aliphatic rings. The zero-order valence-corrected chi connectivity index (χ0v) is 15.4. The standard InChI is InChI=1S/C17H24N4O2.ClH/c1-5-18-10-11-19-14(22)12-8-6-7-9-13(12)15-20-16(21-23-15)17(2,3)4;/h6-9,18H,5,10-11H2,1-4H3,(H,19,22);1H. The maximum atomic E-state index is 12.4. The summed E-state index contributed by atoms with van der Waals surface area (Å²) in [6.07, 6.45) is 0. The molecule has 2 aromatic rings. The van der Waals surface area contributed by atoms with Gasteiger partial charge in [-0.3, -0.25) is 4.79 Å². The average molecular weight is 353 g/mol. The predicted octanol–water partition coefficient (Wildman–Crippen LogP) is 2.80. The summed E-state index contributed by atoms with van der Waals surface area (Å²) < 4.78 is 5.36. The lowest BCUT2D eigenvalue weighted by Crippen LogP contribution is -2.32. The number of rotatable bonds is 6. The van der Waals surface area contributed by atoms with Gasteiger partial charge in [-0.25, -0.2) is 0 Å². The quantitative estimate of drug-likeness (QED) is 0.781. The molecule has 1 amide bonds. The van der Waals surface area contributed by atoms with E-state index in [-0.39, 0.29) is 23.7 Å². The van der Waals surface area contributed by atoms with E-state index in [9.17, 15) is 4.79 Å². The number of carbonyl (C=O) groups excluding carboxylic acids is 1. The number of aromatic nitrogens is 2. The lowest BCUT2D eigenvalue weighted by atomic mass is 9.96. The zero-order chi connectivity index (χ0) is 16.9. The highest BCUT2D eigenvalue weighted by Gasteiger charge is 2.23. The van der Waals surface area contributed by atoms with Crippen molar-refractivity contribution in [2.24, 2.45) is 0 Å². The molecule has 24 heavy (non-hydrogen) atoms. The summed E-state index contributed by atoms with van der Waals surface area (Å²) in [5.41, 5.74) is 0.981. The molecule has 0 fully saturated rings. The summed E-state index contributed by atoms with van der Waals surface area (Å²) in [6.45, 7) is 10.3. The summed E-state index contributed by atoms with van der Waals surface area (Å²) in [7, 11) is 0. The molecule has 0 radical (unpaired) electrons. The summed E-state index contributed by atoms with van der Waals surface area (Å²) in [4.78, 5) is 16.8. The van der Waals surface area contributed by atoms with E-state index in [2.05, 4.69) is 20.8 Å². The van der Waals surface area contributed by atoms with Gasteiger partial charge in [0.05, 0.1) is 11.1 Å². The second kappa shape index (κ2) is 8.80. The minimum absolute atomic E-state index is 0. The van der Waals surface area contributed by atoms with E-state index < -0.39 is 0 Å². The first-order valence-corrected chi connectivity index (χ1v) is 7.86. The van der Waals surface area contributed by atoms with Crippen molar-refractivity contribution < 1.29 is 9.32 Å². The molecule has 0 saturated heterocycles. The van der Waals surface area contributed by atoms with E-state index in [4.69, 9.17) is 4.52 Å². The van der Waals surface area contributed by atoms with Crippen LogP contribution in [0.5, 0.6) is 0 Å². The first-order chi connectivity index (χ1) is 10.9. The SMILES string of the molecule is CCNCCNC(=O)c1ccccc1-c1nc(C(C)(C)C)no1.Cl. The van der Waals surface area contributed by atoms with E-state index in [1.165, 1.54) is 0 Å². The van der Waals surface area contributed by atoms with Crippen molar-refractivity contribution in [2.45, 2.75) is 33.1 Å². The Morgan fingerprint density at radius 3 is 2.54 bits per heavy atom. The second-order valence-corrected chi connectivity index (χ2v) is 6.33. The third-order valence-corrected chi connectivity index (χ3v) is 3.34. The van der Waals surface area contributed by atoms with Crippen LogP contribution in [0.15, 0.2) is 28.8 Å². The van der Waals surface area contributed by atoms with Crippen LogP contribution in [0.3, 0.4) is 0 Å².